The van der Waals surface area contributed by atoms with Crippen LogP contribution >= 0.6 is 0 Å². The Hall–Kier alpha value is -10.3. The summed E-state index contributed by atoms with van der Waals surface area (Å²) in [7, 11) is 0. The van der Waals surface area contributed by atoms with Gasteiger partial charge >= 0.3 is 0 Å². The SMILES string of the molecule is c1ccc(-c2ccccc2-c2cc(-c3cccc(-n4c5ccccc5c5cc(-n6c7ccccc7c7ccccc76)ccc54)c3)nc(-n3c4ccccc4c4cc(-n5c6ccccc6c6ccccc65)ccc43)n2)cc1. The smallest absolute Gasteiger partial charge is 0.235 e. The fourth-order valence-corrected chi connectivity index (χ4v) is 12.3. The summed E-state index contributed by atoms with van der Waals surface area (Å²) in [5, 5.41) is 9.63. The molecule has 0 saturated heterocycles. The predicted molar refractivity (Wildman–Crippen MR) is 316 cm³/mol. The highest BCUT2D eigenvalue weighted by Gasteiger charge is 2.22. The minimum Gasteiger partial charge on any atom is -0.309 e. The molecule has 0 aliphatic rings. The van der Waals surface area contributed by atoms with E-state index in [4.69, 9.17) is 9.97 Å². The van der Waals surface area contributed by atoms with Crippen LogP contribution in [-0.2, 0) is 0 Å². The van der Waals surface area contributed by atoms with E-state index in [-0.39, 0.29) is 0 Å². The molecule has 354 valence electrons. The van der Waals surface area contributed by atoms with Crippen molar-refractivity contribution in [1.82, 2.24) is 28.2 Å². The topological polar surface area (TPSA) is 45.5 Å². The molecule has 6 nitrogen and oxygen atoms in total. The predicted octanol–water partition coefficient (Wildman–Crippen LogP) is 17.9. The Bertz CT molecular complexity index is 4900. The normalized spacial score (nSPS) is 11.9. The van der Waals surface area contributed by atoms with Crippen molar-refractivity contribution >= 4 is 87.2 Å². The zero-order chi connectivity index (χ0) is 49.8. The Morgan fingerprint density at radius 2 is 0.566 bits per heavy atom. The highest BCUT2D eigenvalue weighted by atomic mass is 15.2. The highest BCUT2D eigenvalue weighted by molar-refractivity contribution is 6.14. The Morgan fingerprint density at radius 1 is 0.211 bits per heavy atom. The van der Waals surface area contributed by atoms with Crippen LogP contribution in [0.15, 0.2) is 267 Å². The Kier molecular flexibility index (Phi) is 9.23. The summed E-state index contributed by atoms with van der Waals surface area (Å²) in [6.45, 7) is 0. The van der Waals surface area contributed by atoms with E-state index in [0.29, 0.717) is 5.95 Å². The molecule has 0 aliphatic carbocycles. The Morgan fingerprint density at radius 3 is 1.07 bits per heavy atom. The van der Waals surface area contributed by atoms with Crippen LogP contribution in [0, 0.1) is 0 Å². The van der Waals surface area contributed by atoms with Crippen molar-refractivity contribution in [3.63, 3.8) is 0 Å². The average Bonchev–Trinajstić information content (AvgIpc) is 4.25. The molecule has 16 rings (SSSR count). The number of benzene rings is 11. The number of nitrogens with zero attached hydrogens (tertiary/aromatic N) is 6. The van der Waals surface area contributed by atoms with Crippen LogP contribution in [0.1, 0.15) is 0 Å². The van der Waals surface area contributed by atoms with Gasteiger partial charge in [0, 0.05) is 71.3 Å². The second kappa shape index (κ2) is 16.6. The van der Waals surface area contributed by atoms with Crippen molar-refractivity contribution in [1.29, 1.82) is 0 Å². The van der Waals surface area contributed by atoms with Gasteiger partial charge in [-0.2, -0.15) is 0 Å². The van der Waals surface area contributed by atoms with Gasteiger partial charge in [0.15, 0.2) is 0 Å². The van der Waals surface area contributed by atoms with E-state index >= 15 is 0 Å². The minimum atomic E-state index is 0.603. The average molecular weight is 969 g/mol. The number of rotatable bonds is 7. The first-order chi connectivity index (χ1) is 37.7. The molecule has 0 aliphatic heterocycles. The zero-order valence-electron chi connectivity index (χ0n) is 41.1. The molecule has 11 aromatic carbocycles. The quantitative estimate of drug-likeness (QED) is 0.160. The summed E-state index contributed by atoms with van der Waals surface area (Å²) in [4.78, 5) is 11.2. The third kappa shape index (κ3) is 6.34. The highest BCUT2D eigenvalue weighted by Crippen LogP contribution is 2.41. The summed E-state index contributed by atoms with van der Waals surface area (Å²) in [6, 6.07) is 96.2. The van der Waals surface area contributed by atoms with Crippen LogP contribution in [0.25, 0.3) is 144 Å². The molecule has 6 heteroatoms. The van der Waals surface area contributed by atoms with Crippen molar-refractivity contribution in [2.24, 2.45) is 0 Å². The maximum atomic E-state index is 5.60. The van der Waals surface area contributed by atoms with Crippen LogP contribution in [0.5, 0.6) is 0 Å². The van der Waals surface area contributed by atoms with Crippen LogP contribution in [-0.4, -0.2) is 28.2 Å². The molecule has 0 fully saturated rings. The molecule has 16 aromatic rings. The standard InChI is InChI=1S/C70H44N6/c1-2-19-45(20-3-1)50-23-4-5-24-51(50)61-44-60(71-70(72-61)76-67-36-17-11-30-57(67)59-43-49(38-40-69(59)76)75-64-33-14-8-27-54(64)55-28-9-15-34-65(55)75)46-21-18-22-47(41-46)73-66-35-16-10-29-56(66)58-42-48(37-39-68(58)73)74-62-31-12-6-25-52(62)53-26-7-13-32-63(53)74/h1-44H. The maximum absolute atomic E-state index is 5.60. The van der Waals surface area contributed by atoms with Crippen molar-refractivity contribution in [3.05, 3.63) is 267 Å². The molecule has 76 heavy (non-hydrogen) atoms. The molecule has 0 N–H and O–H groups in total. The third-order valence-electron chi connectivity index (χ3n) is 15.6. The van der Waals surface area contributed by atoms with Gasteiger partial charge in [-0.3, -0.25) is 4.57 Å². The lowest BCUT2D eigenvalue weighted by Gasteiger charge is -2.15. The van der Waals surface area contributed by atoms with Gasteiger partial charge in [0.05, 0.1) is 55.5 Å². The van der Waals surface area contributed by atoms with Crippen LogP contribution < -0.4 is 0 Å². The lowest BCUT2D eigenvalue weighted by Crippen LogP contribution is -2.05. The Labute approximate surface area is 436 Å². The van der Waals surface area contributed by atoms with E-state index in [2.05, 4.69) is 285 Å². The van der Waals surface area contributed by atoms with E-state index in [1.807, 2.05) is 0 Å². The van der Waals surface area contributed by atoms with Crippen molar-refractivity contribution in [2.45, 2.75) is 0 Å². The lowest BCUT2D eigenvalue weighted by molar-refractivity contribution is 0.995. The number of hydrogen-bond donors (Lipinski definition) is 0. The van der Waals surface area contributed by atoms with E-state index in [9.17, 15) is 0 Å². The van der Waals surface area contributed by atoms with E-state index in [0.717, 1.165) is 83.5 Å². The number of fused-ring (bicyclic) bond motifs is 12. The minimum absolute atomic E-state index is 0.603. The molecule has 0 bridgehead atoms. The summed E-state index contributed by atoms with van der Waals surface area (Å²) < 4.78 is 9.45. The van der Waals surface area contributed by atoms with Gasteiger partial charge in [-0.05, 0) is 102 Å². The van der Waals surface area contributed by atoms with Crippen LogP contribution in [0.2, 0.25) is 0 Å². The Balaban J connectivity index is 0.898. The second-order valence-electron chi connectivity index (χ2n) is 19.7. The molecular weight excluding hydrogens is 925 g/mol. The lowest BCUT2D eigenvalue weighted by atomic mass is 9.97. The van der Waals surface area contributed by atoms with E-state index in [1.54, 1.807) is 0 Å². The van der Waals surface area contributed by atoms with Gasteiger partial charge in [0.2, 0.25) is 5.95 Å². The monoisotopic (exact) mass is 968 g/mol. The number of hydrogen-bond acceptors (Lipinski definition) is 2. The molecule has 0 saturated carbocycles. The summed E-state index contributed by atoms with van der Waals surface area (Å²) >= 11 is 0. The van der Waals surface area contributed by atoms with E-state index < -0.39 is 0 Å². The van der Waals surface area contributed by atoms with Gasteiger partial charge in [-0.25, -0.2) is 9.97 Å². The molecular formula is C70H44N6. The molecule has 0 spiro atoms. The molecule has 0 radical (unpaired) electrons. The first-order valence-electron chi connectivity index (χ1n) is 25.9. The molecule has 5 aromatic heterocycles. The van der Waals surface area contributed by atoms with Crippen molar-refractivity contribution in [2.75, 3.05) is 0 Å². The summed E-state index contributed by atoms with van der Waals surface area (Å²) in [5.74, 6) is 0.603. The molecule has 0 amide bonds. The fraction of sp³-hybridized carbons (Fsp3) is 0. The second-order valence-corrected chi connectivity index (χ2v) is 19.7. The largest absolute Gasteiger partial charge is 0.309 e. The van der Waals surface area contributed by atoms with Crippen molar-refractivity contribution < 1.29 is 0 Å². The first-order valence-corrected chi connectivity index (χ1v) is 25.9. The molecule has 0 atom stereocenters. The molecule has 5 heterocycles. The number of aromatic nitrogens is 6. The van der Waals surface area contributed by atoms with E-state index in [1.165, 1.54) is 54.4 Å². The van der Waals surface area contributed by atoms with Gasteiger partial charge in [-0.1, -0.05) is 176 Å². The third-order valence-corrected chi connectivity index (χ3v) is 15.6. The van der Waals surface area contributed by atoms with Gasteiger partial charge in [0.1, 0.15) is 0 Å². The van der Waals surface area contributed by atoms with Gasteiger partial charge in [-0.15, -0.1) is 0 Å². The zero-order valence-corrected chi connectivity index (χ0v) is 41.1. The van der Waals surface area contributed by atoms with Crippen molar-refractivity contribution in [3.8, 4) is 56.7 Å². The maximum Gasteiger partial charge on any atom is 0.235 e. The van der Waals surface area contributed by atoms with Gasteiger partial charge < -0.3 is 13.7 Å². The van der Waals surface area contributed by atoms with Crippen LogP contribution in [0.4, 0.5) is 0 Å². The van der Waals surface area contributed by atoms with Crippen LogP contribution in [0.3, 0.4) is 0 Å². The summed E-state index contributed by atoms with van der Waals surface area (Å²) in [6.07, 6.45) is 0. The fourth-order valence-electron chi connectivity index (χ4n) is 12.3. The first kappa shape index (κ1) is 42.2. The summed E-state index contributed by atoms with van der Waals surface area (Å²) in [5.41, 5.74) is 18.3. The van der Waals surface area contributed by atoms with Gasteiger partial charge in [0.25, 0.3) is 0 Å². The number of para-hydroxylation sites is 6. The molecule has 0 unspecified atom stereocenters.